The molecule has 28 heavy (non-hydrogen) atoms. The Morgan fingerprint density at radius 3 is 2.71 bits per heavy atom. The number of benzene rings is 1. The molecule has 0 atom stereocenters. The molecule has 138 valence electrons. The molecule has 6 nitrogen and oxygen atoms in total. The van der Waals surface area contributed by atoms with Crippen LogP contribution in [0, 0.1) is 0 Å². The van der Waals surface area contributed by atoms with Crippen LogP contribution in [0.2, 0.25) is 0 Å². The fraction of sp³-hybridized carbons (Fsp3) is 0.0455. The fourth-order valence-corrected chi connectivity index (χ4v) is 2.72. The number of carbonyl (C=O) groups excluding carboxylic acids is 1. The molecule has 3 aromatic heterocycles. The molecule has 4 aromatic rings. The van der Waals surface area contributed by atoms with Crippen LogP contribution in [0.25, 0.3) is 11.5 Å². The molecular formula is C22H17N3O3. The van der Waals surface area contributed by atoms with E-state index in [0.29, 0.717) is 35.2 Å². The summed E-state index contributed by atoms with van der Waals surface area (Å²) < 4.78 is 11.1. The molecule has 0 bridgehead atoms. The van der Waals surface area contributed by atoms with Crippen LogP contribution in [-0.4, -0.2) is 15.9 Å². The Morgan fingerprint density at radius 2 is 1.89 bits per heavy atom. The molecular weight excluding hydrogens is 354 g/mol. The summed E-state index contributed by atoms with van der Waals surface area (Å²) in [5, 5.41) is 2.92. The number of nitrogens with zero attached hydrogens (tertiary/aromatic N) is 2. The Bertz CT molecular complexity index is 1060. The van der Waals surface area contributed by atoms with Gasteiger partial charge in [-0.2, -0.15) is 0 Å². The van der Waals surface area contributed by atoms with E-state index < -0.39 is 0 Å². The van der Waals surface area contributed by atoms with Crippen molar-refractivity contribution in [2.24, 2.45) is 0 Å². The van der Waals surface area contributed by atoms with E-state index in [1.165, 1.54) is 0 Å². The van der Waals surface area contributed by atoms with Crippen LogP contribution in [0.1, 0.15) is 15.9 Å². The molecule has 1 N–H and O–H groups in total. The Kier molecular flexibility index (Phi) is 5.11. The average Bonchev–Trinajstić information content (AvgIpc) is 3.28. The van der Waals surface area contributed by atoms with Gasteiger partial charge in [0, 0.05) is 36.1 Å². The zero-order valence-corrected chi connectivity index (χ0v) is 14.9. The number of pyridine rings is 2. The van der Waals surface area contributed by atoms with Crippen LogP contribution < -0.4 is 10.1 Å². The first-order valence-corrected chi connectivity index (χ1v) is 8.74. The zero-order chi connectivity index (χ0) is 19.2. The SMILES string of the molecule is O=C(NCc1cccnc1-c1ccco1)c1cccc(Oc2ccccn2)c1. The van der Waals surface area contributed by atoms with Gasteiger partial charge in [-0.3, -0.25) is 9.78 Å². The van der Waals surface area contributed by atoms with Gasteiger partial charge in [0.15, 0.2) is 5.76 Å². The number of hydrogen-bond acceptors (Lipinski definition) is 5. The minimum atomic E-state index is -0.208. The number of aromatic nitrogens is 2. The number of carbonyl (C=O) groups is 1. The van der Waals surface area contributed by atoms with Crippen molar-refractivity contribution < 1.29 is 13.9 Å². The summed E-state index contributed by atoms with van der Waals surface area (Å²) in [4.78, 5) is 21.1. The lowest BCUT2D eigenvalue weighted by atomic mass is 10.1. The Labute approximate surface area is 161 Å². The van der Waals surface area contributed by atoms with E-state index in [1.54, 1.807) is 55.1 Å². The van der Waals surface area contributed by atoms with Gasteiger partial charge in [0.1, 0.15) is 11.4 Å². The quantitative estimate of drug-likeness (QED) is 0.541. The topological polar surface area (TPSA) is 77.2 Å². The summed E-state index contributed by atoms with van der Waals surface area (Å²) in [5.41, 5.74) is 2.07. The molecule has 0 unspecified atom stereocenters. The summed E-state index contributed by atoms with van der Waals surface area (Å²) in [6, 6.07) is 19.7. The van der Waals surface area contributed by atoms with E-state index in [4.69, 9.17) is 9.15 Å². The van der Waals surface area contributed by atoms with Crippen molar-refractivity contribution in [1.29, 1.82) is 0 Å². The minimum absolute atomic E-state index is 0.208. The second kappa shape index (κ2) is 8.18. The molecule has 0 fully saturated rings. The van der Waals surface area contributed by atoms with Crippen LogP contribution in [0.3, 0.4) is 0 Å². The van der Waals surface area contributed by atoms with Crippen LogP contribution >= 0.6 is 0 Å². The van der Waals surface area contributed by atoms with Crippen molar-refractivity contribution in [3.63, 3.8) is 0 Å². The lowest BCUT2D eigenvalue weighted by molar-refractivity contribution is 0.0950. The average molecular weight is 371 g/mol. The van der Waals surface area contributed by atoms with Crippen LogP contribution in [0.5, 0.6) is 11.6 Å². The van der Waals surface area contributed by atoms with E-state index in [-0.39, 0.29) is 5.91 Å². The largest absolute Gasteiger partial charge is 0.463 e. The van der Waals surface area contributed by atoms with E-state index in [1.807, 2.05) is 30.3 Å². The van der Waals surface area contributed by atoms with Gasteiger partial charge in [-0.05, 0) is 42.5 Å². The summed E-state index contributed by atoms with van der Waals surface area (Å²) >= 11 is 0. The predicted octanol–water partition coefficient (Wildman–Crippen LogP) is 4.46. The van der Waals surface area contributed by atoms with Gasteiger partial charge in [-0.15, -0.1) is 0 Å². The highest BCUT2D eigenvalue weighted by Crippen LogP contribution is 2.22. The molecule has 1 aromatic carbocycles. The van der Waals surface area contributed by atoms with Crippen LogP contribution in [-0.2, 0) is 6.54 Å². The van der Waals surface area contributed by atoms with E-state index in [0.717, 1.165) is 5.56 Å². The van der Waals surface area contributed by atoms with Gasteiger partial charge >= 0.3 is 0 Å². The van der Waals surface area contributed by atoms with Crippen molar-refractivity contribution >= 4 is 5.91 Å². The molecule has 0 aliphatic heterocycles. The Morgan fingerprint density at radius 1 is 0.964 bits per heavy atom. The third-order valence-corrected chi connectivity index (χ3v) is 4.04. The molecule has 4 rings (SSSR count). The van der Waals surface area contributed by atoms with Gasteiger partial charge in [0.2, 0.25) is 5.88 Å². The van der Waals surface area contributed by atoms with Crippen molar-refractivity contribution in [3.05, 3.63) is 96.5 Å². The van der Waals surface area contributed by atoms with Gasteiger partial charge in [-0.25, -0.2) is 4.98 Å². The molecule has 0 spiro atoms. The first-order chi connectivity index (χ1) is 13.8. The van der Waals surface area contributed by atoms with Crippen LogP contribution in [0.15, 0.2) is 89.8 Å². The second-order valence-electron chi connectivity index (χ2n) is 5.97. The summed E-state index contributed by atoms with van der Waals surface area (Å²) in [5.74, 6) is 1.47. The third-order valence-electron chi connectivity index (χ3n) is 4.04. The number of hydrogen-bond donors (Lipinski definition) is 1. The van der Waals surface area contributed by atoms with Gasteiger partial charge in [0.25, 0.3) is 5.91 Å². The summed E-state index contributed by atoms with van der Waals surface area (Å²) in [7, 11) is 0. The smallest absolute Gasteiger partial charge is 0.251 e. The minimum Gasteiger partial charge on any atom is -0.463 e. The molecule has 6 heteroatoms. The third kappa shape index (κ3) is 4.07. The number of rotatable bonds is 6. The highest BCUT2D eigenvalue weighted by Gasteiger charge is 2.12. The maximum Gasteiger partial charge on any atom is 0.251 e. The monoisotopic (exact) mass is 371 g/mol. The number of furan rings is 1. The maximum atomic E-state index is 12.6. The van der Waals surface area contributed by atoms with E-state index in [9.17, 15) is 4.79 Å². The number of amides is 1. The molecule has 3 heterocycles. The predicted molar refractivity (Wildman–Crippen MR) is 104 cm³/mol. The van der Waals surface area contributed by atoms with Gasteiger partial charge in [-0.1, -0.05) is 18.2 Å². The van der Waals surface area contributed by atoms with Crippen molar-refractivity contribution in [2.45, 2.75) is 6.54 Å². The summed E-state index contributed by atoms with van der Waals surface area (Å²) in [6.07, 6.45) is 4.94. The zero-order valence-electron chi connectivity index (χ0n) is 14.9. The lowest BCUT2D eigenvalue weighted by Gasteiger charge is -2.10. The van der Waals surface area contributed by atoms with Crippen molar-refractivity contribution in [1.82, 2.24) is 15.3 Å². The molecule has 0 saturated carbocycles. The Hall–Kier alpha value is -3.93. The first-order valence-electron chi connectivity index (χ1n) is 8.74. The number of nitrogens with one attached hydrogen (secondary N) is 1. The Balaban J connectivity index is 1.46. The number of ether oxygens (including phenoxy) is 1. The molecule has 0 aliphatic rings. The standard InChI is InChI=1S/C22H17N3O3/c26-22(16-6-3-8-18(14-16)28-20-10-1-2-11-23-20)25-15-17-7-4-12-24-21(17)19-9-5-13-27-19/h1-14H,15H2,(H,25,26). The van der Waals surface area contributed by atoms with Crippen LogP contribution in [0.4, 0.5) is 0 Å². The lowest BCUT2D eigenvalue weighted by Crippen LogP contribution is -2.23. The second-order valence-corrected chi connectivity index (χ2v) is 5.97. The van der Waals surface area contributed by atoms with Gasteiger partial charge < -0.3 is 14.5 Å². The van der Waals surface area contributed by atoms with Crippen molar-refractivity contribution in [3.8, 4) is 23.1 Å². The molecule has 0 aliphatic carbocycles. The normalized spacial score (nSPS) is 10.4. The maximum absolute atomic E-state index is 12.6. The van der Waals surface area contributed by atoms with E-state index >= 15 is 0 Å². The summed E-state index contributed by atoms with van der Waals surface area (Å²) in [6.45, 7) is 0.327. The van der Waals surface area contributed by atoms with E-state index in [2.05, 4.69) is 15.3 Å². The fourth-order valence-electron chi connectivity index (χ4n) is 2.72. The highest BCUT2D eigenvalue weighted by atomic mass is 16.5. The van der Waals surface area contributed by atoms with Crippen molar-refractivity contribution in [2.75, 3.05) is 0 Å². The highest BCUT2D eigenvalue weighted by molar-refractivity contribution is 5.94. The molecule has 1 amide bonds. The van der Waals surface area contributed by atoms with Gasteiger partial charge in [0.05, 0.1) is 6.26 Å². The first kappa shape index (κ1) is 17.5. The molecule has 0 saturated heterocycles. The molecule has 0 radical (unpaired) electrons.